The Bertz CT molecular complexity index is 1200. The normalized spacial score (nSPS) is 11.8. The number of ether oxygens (including phenoxy) is 4. The molecule has 0 spiro atoms. The van der Waals surface area contributed by atoms with Crippen molar-refractivity contribution in [1.82, 2.24) is 0 Å². The lowest BCUT2D eigenvalue weighted by atomic mass is 9.69. The van der Waals surface area contributed by atoms with E-state index in [-0.39, 0.29) is 54.8 Å². The first-order valence-electron chi connectivity index (χ1n) is 14.8. The molecule has 0 saturated carbocycles. The highest BCUT2D eigenvalue weighted by Crippen LogP contribution is 2.45. The molecule has 3 aromatic carbocycles. The van der Waals surface area contributed by atoms with Crippen molar-refractivity contribution in [2.75, 3.05) is 26.4 Å². The summed E-state index contributed by atoms with van der Waals surface area (Å²) < 4.78 is 22.8. The molecule has 0 bridgehead atoms. The molecule has 5 N–H and O–H groups in total. The van der Waals surface area contributed by atoms with Crippen LogP contribution in [0.2, 0.25) is 0 Å². The van der Waals surface area contributed by atoms with Crippen molar-refractivity contribution in [2.45, 2.75) is 79.7 Å². The van der Waals surface area contributed by atoms with Crippen LogP contribution in [0.1, 0.15) is 84.7 Å². The van der Waals surface area contributed by atoms with Crippen LogP contribution < -0.4 is 0 Å². The third-order valence-corrected chi connectivity index (χ3v) is 7.72. The molecule has 9 nitrogen and oxygen atoms in total. The lowest BCUT2D eigenvalue weighted by Crippen LogP contribution is -2.27. The number of benzene rings is 3. The molecular formula is C34H46O9. The van der Waals surface area contributed by atoms with Gasteiger partial charge in [0.15, 0.2) is 0 Å². The van der Waals surface area contributed by atoms with Gasteiger partial charge < -0.3 is 44.5 Å². The fraction of sp³-hybridized carbons (Fsp3) is 0.471. The summed E-state index contributed by atoms with van der Waals surface area (Å²) in [4.78, 5) is 0. The van der Waals surface area contributed by atoms with Crippen LogP contribution in [0.25, 0.3) is 0 Å². The zero-order chi connectivity index (χ0) is 31.6. The predicted molar refractivity (Wildman–Crippen MR) is 163 cm³/mol. The van der Waals surface area contributed by atoms with Crippen LogP contribution in [0.3, 0.4) is 0 Å². The lowest BCUT2D eigenvalue weighted by molar-refractivity contribution is 0.126. The van der Waals surface area contributed by atoms with Crippen LogP contribution in [-0.2, 0) is 64.0 Å². The van der Waals surface area contributed by atoms with E-state index in [1.165, 1.54) is 0 Å². The van der Waals surface area contributed by atoms with Gasteiger partial charge >= 0.3 is 0 Å². The Morgan fingerprint density at radius 3 is 0.930 bits per heavy atom. The van der Waals surface area contributed by atoms with Gasteiger partial charge in [-0.3, -0.25) is 0 Å². The summed E-state index contributed by atoms with van der Waals surface area (Å²) in [6, 6.07) is 10.9. The van der Waals surface area contributed by atoms with E-state index in [0.29, 0.717) is 54.2 Å². The highest BCUT2D eigenvalue weighted by molar-refractivity contribution is 5.59. The summed E-state index contributed by atoms with van der Waals surface area (Å²) in [5.41, 5.74) is 4.04. The molecule has 236 valence electrons. The molecular weight excluding hydrogens is 552 g/mol. The van der Waals surface area contributed by atoms with Crippen LogP contribution >= 0.6 is 0 Å². The number of aliphatic hydroxyl groups is 2. The number of aliphatic hydroxyl groups excluding tert-OH is 2. The molecule has 3 rings (SSSR count). The lowest BCUT2D eigenvalue weighted by Gasteiger charge is -2.35. The van der Waals surface area contributed by atoms with E-state index >= 15 is 0 Å². The van der Waals surface area contributed by atoms with Gasteiger partial charge in [0.2, 0.25) is 0 Å². The first-order chi connectivity index (χ1) is 20.7. The Hall–Kier alpha value is -3.18. The van der Waals surface area contributed by atoms with Crippen molar-refractivity contribution >= 4 is 0 Å². The Labute approximate surface area is 254 Å². The standard InChI is InChI=1S/C34H46O9/c1-6-40-18-24-12-29(13-25(32(24)38)19-41-7-2)34(5,28-10-22(16-35)31(37)23(11-28)17-36)30-14-26(20-42-8-3)33(39)27(15-30)21-43-9-4/h10-15,35-39H,6-9,16-21H2,1-5H3. The number of hydrogen-bond donors (Lipinski definition) is 5. The van der Waals surface area contributed by atoms with Crippen LogP contribution in [0.4, 0.5) is 0 Å². The number of hydrogen-bond acceptors (Lipinski definition) is 9. The highest BCUT2D eigenvalue weighted by atomic mass is 16.5. The Morgan fingerprint density at radius 2 is 0.698 bits per heavy atom. The first-order valence-corrected chi connectivity index (χ1v) is 14.8. The summed E-state index contributed by atoms with van der Waals surface area (Å²) in [5, 5.41) is 53.3. The van der Waals surface area contributed by atoms with Gasteiger partial charge in [0.1, 0.15) is 17.2 Å². The molecule has 9 heteroatoms. The van der Waals surface area contributed by atoms with E-state index < -0.39 is 18.6 Å². The third-order valence-electron chi connectivity index (χ3n) is 7.72. The van der Waals surface area contributed by atoms with E-state index in [2.05, 4.69) is 0 Å². The van der Waals surface area contributed by atoms with Gasteiger partial charge in [0, 0.05) is 65.2 Å². The largest absolute Gasteiger partial charge is 0.507 e. The van der Waals surface area contributed by atoms with Crippen molar-refractivity contribution < 1.29 is 44.5 Å². The Morgan fingerprint density at radius 1 is 0.465 bits per heavy atom. The van der Waals surface area contributed by atoms with Crippen molar-refractivity contribution in [3.05, 3.63) is 86.5 Å². The van der Waals surface area contributed by atoms with Crippen molar-refractivity contribution in [2.24, 2.45) is 0 Å². The van der Waals surface area contributed by atoms with Gasteiger partial charge in [-0.2, -0.15) is 0 Å². The predicted octanol–water partition coefficient (Wildman–Crippen LogP) is 5.29. The molecule has 0 amide bonds. The van der Waals surface area contributed by atoms with E-state index in [1.807, 2.05) is 58.9 Å². The minimum atomic E-state index is -0.993. The second-order valence-corrected chi connectivity index (χ2v) is 10.4. The molecule has 0 atom stereocenters. The van der Waals surface area contributed by atoms with E-state index in [0.717, 1.165) is 11.1 Å². The maximum Gasteiger partial charge on any atom is 0.126 e. The SMILES string of the molecule is CCOCc1cc(C(C)(c2cc(CO)c(O)c(CO)c2)c2cc(COCC)c(O)c(COCC)c2)cc(COCC)c1O. The second kappa shape index (κ2) is 16.0. The van der Waals surface area contributed by atoms with Crippen LogP contribution in [0.5, 0.6) is 17.2 Å². The minimum Gasteiger partial charge on any atom is -0.507 e. The molecule has 0 saturated heterocycles. The van der Waals surface area contributed by atoms with Crippen LogP contribution in [0.15, 0.2) is 36.4 Å². The molecule has 0 fully saturated rings. The molecule has 0 aromatic heterocycles. The van der Waals surface area contributed by atoms with Gasteiger partial charge in [-0.15, -0.1) is 0 Å². The van der Waals surface area contributed by atoms with Crippen LogP contribution in [0, 0.1) is 0 Å². The molecule has 0 unspecified atom stereocenters. The molecule has 0 aliphatic rings. The van der Waals surface area contributed by atoms with Crippen molar-refractivity contribution in [1.29, 1.82) is 0 Å². The van der Waals surface area contributed by atoms with Gasteiger partial charge in [-0.05, 0) is 87.7 Å². The topological polar surface area (TPSA) is 138 Å². The quantitative estimate of drug-likeness (QED) is 0.131. The van der Waals surface area contributed by atoms with E-state index in [9.17, 15) is 25.5 Å². The number of rotatable bonds is 17. The maximum atomic E-state index is 11.2. The summed E-state index contributed by atoms with van der Waals surface area (Å²) in [6.45, 7) is 11.1. The van der Waals surface area contributed by atoms with Crippen molar-refractivity contribution in [3.8, 4) is 17.2 Å². The molecule has 0 aliphatic carbocycles. The minimum absolute atomic E-state index is 0.0885. The van der Waals surface area contributed by atoms with Gasteiger partial charge in [0.25, 0.3) is 0 Å². The average Bonchev–Trinajstić information content (AvgIpc) is 3.02. The summed E-state index contributed by atoms with van der Waals surface area (Å²) in [5.74, 6) is 0.00630. The molecule has 0 radical (unpaired) electrons. The summed E-state index contributed by atoms with van der Waals surface area (Å²) in [7, 11) is 0. The fourth-order valence-corrected chi connectivity index (χ4v) is 5.18. The Balaban J connectivity index is 2.46. The fourth-order valence-electron chi connectivity index (χ4n) is 5.18. The zero-order valence-electron chi connectivity index (χ0n) is 25.9. The molecule has 0 heterocycles. The highest BCUT2D eigenvalue weighted by Gasteiger charge is 2.35. The average molecular weight is 599 g/mol. The van der Waals surface area contributed by atoms with E-state index in [4.69, 9.17) is 18.9 Å². The summed E-state index contributed by atoms with van der Waals surface area (Å²) in [6.07, 6.45) is 0. The van der Waals surface area contributed by atoms with Gasteiger partial charge in [0.05, 0.1) is 39.6 Å². The monoisotopic (exact) mass is 598 g/mol. The molecule has 43 heavy (non-hydrogen) atoms. The first kappa shape index (κ1) is 34.3. The number of phenols is 3. The van der Waals surface area contributed by atoms with Crippen molar-refractivity contribution in [3.63, 3.8) is 0 Å². The Kier molecular flexibility index (Phi) is 12.8. The van der Waals surface area contributed by atoms with Gasteiger partial charge in [-0.1, -0.05) is 0 Å². The zero-order valence-corrected chi connectivity index (χ0v) is 25.9. The second-order valence-electron chi connectivity index (χ2n) is 10.4. The maximum absolute atomic E-state index is 11.2. The number of phenolic OH excluding ortho intramolecular Hbond substituents is 2. The smallest absolute Gasteiger partial charge is 0.126 e. The van der Waals surface area contributed by atoms with E-state index in [1.54, 1.807) is 12.1 Å². The van der Waals surface area contributed by atoms with Crippen LogP contribution in [-0.4, -0.2) is 52.0 Å². The number of aromatic hydroxyl groups is 3. The van der Waals surface area contributed by atoms with Gasteiger partial charge in [-0.25, -0.2) is 0 Å². The molecule has 3 aromatic rings. The molecule has 0 aliphatic heterocycles. The summed E-state index contributed by atoms with van der Waals surface area (Å²) >= 11 is 0. The third kappa shape index (κ3) is 7.67.